The molecule has 0 radical (unpaired) electrons. The van der Waals surface area contributed by atoms with E-state index >= 15 is 0 Å². The Balaban J connectivity index is 0.000000260. The molecule has 0 spiro atoms. The summed E-state index contributed by atoms with van der Waals surface area (Å²) >= 11 is 0. The van der Waals surface area contributed by atoms with Crippen molar-refractivity contribution in [3.05, 3.63) is 34.4 Å². The fraction of sp³-hybridized carbons (Fsp3) is 0.720. The normalized spacial score (nSPS) is 26.8. The van der Waals surface area contributed by atoms with Gasteiger partial charge >= 0.3 is 0 Å². The van der Waals surface area contributed by atoms with Gasteiger partial charge in [-0.3, -0.25) is 0 Å². The molecular weight excluding hydrogens is 316 g/mol. The molecule has 1 nitrogen and oxygen atoms in total. The summed E-state index contributed by atoms with van der Waals surface area (Å²) in [5.41, 5.74) is 6.13. The second-order valence-corrected chi connectivity index (χ2v) is 8.46. The van der Waals surface area contributed by atoms with Crippen molar-refractivity contribution in [2.75, 3.05) is 0 Å². The number of allylic oxidation sites excluding steroid dienone is 6. The minimum atomic E-state index is 0.704. The summed E-state index contributed by atoms with van der Waals surface area (Å²) < 4.78 is 0. The van der Waals surface area contributed by atoms with Gasteiger partial charge in [-0.2, -0.15) is 0 Å². The quantitative estimate of drug-likeness (QED) is 0.205. The summed E-state index contributed by atoms with van der Waals surface area (Å²) in [6.45, 7) is 13.5. The third-order valence-electron chi connectivity index (χ3n) is 6.76. The predicted octanol–water partition coefficient (Wildman–Crippen LogP) is 7.83. The third-order valence-corrected chi connectivity index (χ3v) is 6.76. The number of hydrogen-bond donors (Lipinski definition) is 0. The Labute approximate surface area is 163 Å². The monoisotopic (exact) mass is 358 g/mol. The summed E-state index contributed by atoms with van der Waals surface area (Å²) in [4.78, 5) is 10.0. The maximum absolute atomic E-state index is 10.0. The smallest absolute Gasteiger partial charge is 0.119 e. The van der Waals surface area contributed by atoms with E-state index < -0.39 is 0 Å². The zero-order valence-corrected chi connectivity index (χ0v) is 18.2. The summed E-state index contributed by atoms with van der Waals surface area (Å²) in [5.74, 6) is 2.86. The molecule has 0 saturated heterocycles. The highest BCUT2D eigenvalue weighted by Gasteiger charge is 2.32. The lowest BCUT2D eigenvalue weighted by Gasteiger charge is -2.40. The number of aldehydes is 1. The van der Waals surface area contributed by atoms with Crippen molar-refractivity contribution in [1.82, 2.24) is 0 Å². The van der Waals surface area contributed by atoms with Crippen LogP contribution in [0.5, 0.6) is 0 Å². The zero-order chi connectivity index (χ0) is 19.5. The van der Waals surface area contributed by atoms with Crippen molar-refractivity contribution in [3.8, 4) is 0 Å². The average Bonchev–Trinajstić information content (AvgIpc) is 2.65. The van der Waals surface area contributed by atoms with Crippen LogP contribution in [0.25, 0.3) is 0 Å². The number of hydrogen-bond acceptors (Lipinski definition) is 1. The Morgan fingerprint density at radius 1 is 1.00 bits per heavy atom. The minimum Gasteiger partial charge on any atom is -0.303 e. The van der Waals surface area contributed by atoms with Gasteiger partial charge in [-0.1, -0.05) is 54.2 Å². The van der Waals surface area contributed by atoms with Gasteiger partial charge in [0.05, 0.1) is 0 Å². The third kappa shape index (κ3) is 7.25. The lowest BCUT2D eigenvalue weighted by Crippen LogP contribution is -2.28. The zero-order valence-electron chi connectivity index (χ0n) is 18.2. The molecule has 0 aliphatic heterocycles. The first-order valence-electron chi connectivity index (χ1n) is 10.8. The Hall–Kier alpha value is -1.11. The molecule has 3 atom stereocenters. The standard InChI is InChI=1S/C13H22.C12H20O/c1-9-8-12-6-4-5-7-13(12)11(3)10(9)2;1-4-11(2)12(3)9-7-5-6-8-10-13/h9,12-13H,4-8H2,1-3H3;4,9-10H,5-8H2,1-3H3/b;11-4+,12-9+/t9-,12+,13-;/m1./s1. The second-order valence-electron chi connectivity index (χ2n) is 8.46. The van der Waals surface area contributed by atoms with E-state index in [4.69, 9.17) is 0 Å². The minimum absolute atomic E-state index is 0.704. The first kappa shape index (κ1) is 22.9. The van der Waals surface area contributed by atoms with E-state index in [9.17, 15) is 4.79 Å². The molecule has 26 heavy (non-hydrogen) atoms. The number of carbonyl (C=O) groups is 1. The van der Waals surface area contributed by atoms with E-state index in [0.29, 0.717) is 6.42 Å². The Bertz CT molecular complexity index is 520. The van der Waals surface area contributed by atoms with E-state index in [0.717, 1.165) is 43.3 Å². The number of fused-ring (bicyclic) bond motifs is 1. The van der Waals surface area contributed by atoms with Gasteiger partial charge in [0.15, 0.2) is 0 Å². The maximum atomic E-state index is 10.0. The molecule has 0 amide bonds. The van der Waals surface area contributed by atoms with Gasteiger partial charge in [0, 0.05) is 6.42 Å². The molecule has 0 unspecified atom stereocenters. The predicted molar refractivity (Wildman–Crippen MR) is 115 cm³/mol. The van der Waals surface area contributed by atoms with Crippen LogP contribution in [0.4, 0.5) is 0 Å². The van der Waals surface area contributed by atoms with Gasteiger partial charge in [-0.15, -0.1) is 0 Å². The summed E-state index contributed by atoms with van der Waals surface area (Å²) in [7, 11) is 0. The summed E-state index contributed by atoms with van der Waals surface area (Å²) in [5, 5.41) is 0. The molecule has 1 fully saturated rings. The lowest BCUT2D eigenvalue weighted by molar-refractivity contribution is -0.107. The van der Waals surface area contributed by atoms with Crippen LogP contribution in [0.3, 0.4) is 0 Å². The van der Waals surface area contributed by atoms with E-state index in [1.54, 1.807) is 11.1 Å². The van der Waals surface area contributed by atoms with Crippen molar-refractivity contribution in [1.29, 1.82) is 0 Å². The van der Waals surface area contributed by atoms with Crippen LogP contribution in [-0.4, -0.2) is 6.29 Å². The van der Waals surface area contributed by atoms with Crippen LogP contribution >= 0.6 is 0 Å². The van der Waals surface area contributed by atoms with Crippen molar-refractivity contribution in [2.45, 2.75) is 99.3 Å². The molecular formula is C25H42O. The van der Waals surface area contributed by atoms with Crippen LogP contribution in [0.2, 0.25) is 0 Å². The van der Waals surface area contributed by atoms with E-state index in [-0.39, 0.29) is 0 Å². The highest BCUT2D eigenvalue weighted by Crippen LogP contribution is 2.45. The van der Waals surface area contributed by atoms with Gasteiger partial charge in [0.2, 0.25) is 0 Å². The van der Waals surface area contributed by atoms with Crippen LogP contribution in [-0.2, 0) is 4.79 Å². The van der Waals surface area contributed by atoms with Gasteiger partial charge < -0.3 is 4.79 Å². The highest BCUT2D eigenvalue weighted by molar-refractivity contribution is 5.48. The van der Waals surface area contributed by atoms with Gasteiger partial charge in [-0.05, 0) is 90.9 Å². The van der Waals surface area contributed by atoms with Crippen LogP contribution in [0.15, 0.2) is 34.4 Å². The summed E-state index contributed by atoms with van der Waals surface area (Å²) in [6, 6.07) is 0. The van der Waals surface area contributed by atoms with Crippen molar-refractivity contribution < 1.29 is 4.79 Å². The first-order valence-corrected chi connectivity index (χ1v) is 10.8. The van der Waals surface area contributed by atoms with Crippen LogP contribution in [0, 0.1) is 17.8 Å². The molecule has 148 valence electrons. The number of carbonyl (C=O) groups excluding carboxylic acids is 1. The Morgan fingerprint density at radius 2 is 1.65 bits per heavy atom. The molecule has 0 bridgehead atoms. The molecule has 1 saturated carbocycles. The van der Waals surface area contributed by atoms with Gasteiger partial charge in [0.1, 0.15) is 6.29 Å². The fourth-order valence-electron chi connectivity index (χ4n) is 4.45. The van der Waals surface area contributed by atoms with Crippen molar-refractivity contribution >= 4 is 6.29 Å². The molecule has 0 aromatic heterocycles. The molecule has 2 aliphatic carbocycles. The molecule has 0 heterocycles. The molecule has 0 aromatic rings. The highest BCUT2D eigenvalue weighted by atomic mass is 16.1. The van der Waals surface area contributed by atoms with Crippen molar-refractivity contribution in [3.63, 3.8) is 0 Å². The first-order chi connectivity index (χ1) is 12.4. The van der Waals surface area contributed by atoms with E-state index in [1.807, 2.05) is 0 Å². The molecule has 2 aliphatic rings. The van der Waals surface area contributed by atoms with Crippen molar-refractivity contribution in [2.24, 2.45) is 17.8 Å². The van der Waals surface area contributed by atoms with Crippen LogP contribution in [0.1, 0.15) is 99.3 Å². The average molecular weight is 359 g/mol. The second kappa shape index (κ2) is 12.3. The molecule has 0 N–H and O–H groups in total. The van der Waals surface area contributed by atoms with Gasteiger partial charge in [-0.25, -0.2) is 0 Å². The molecule has 2 rings (SSSR count). The maximum Gasteiger partial charge on any atom is 0.119 e. The van der Waals surface area contributed by atoms with E-state index in [1.165, 1.54) is 43.3 Å². The SMILES string of the molecule is C/C=C(C)/C(C)=C/CCCCC=O.CC1=C(C)[C@H]2CCCC[C@H]2C[C@H]1C. The summed E-state index contributed by atoms with van der Waals surface area (Å²) in [6.07, 6.45) is 16.7. The number of unbranched alkanes of at least 4 members (excludes halogenated alkanes) is 3. The number of rotatable bonds is 6. The Morgan fingerprint density at radius 3 is 2.31 bits per heavy atom. The molecule has 0 aromatic carbocycles. The fourth-order valence-corrected chi connectivity index (χ4v) is 4.45. The lowest BCUT2D eigenvalue weighted by atomic mass is 9.66. The topological polar surface area (TPSA) is 17.1 Å². The van der Waals surface area contributed by atoms with E-state index in [2.05, 4.69) is 53.7 Å². The Kier molecular flexibility index (Phi) is 10.9. The molecule has 1 heteroatoms. The van der Waals surface area contributed by atoms with Crippen LogP contribution < -0.4 is 0 Å². The largest absolute Gasteiger partial charge is 0.303 e. The van der Waals surface area contributed by atoms with Gasteiger partial charge in [0.25, 0.3) is 0 Å².